The molecule has 17 heavy (non-hydrogen) atoms. The highest BCUT2D eigenvalue weighted by atomic mass is 33.1. The van der Waals surface area contributed by atoms with E-state index >= 15 is 0 Å². The van der Waals surface area contributed by atoms with Gasteiger partial charge in [0.2, 0.25) is 0 Å². The van der Waals surface area contributed by atoms with Crippen molar-refractivity contribution in [2.45, 2.75) is 38.3 Å². The van der Waals surface area contributed by atoms with E-state index in [9.17, 15) is 8.42 Å². The predicted molar refractivity (Wildman–Crippen MR) is 76.8 cm³/mol. The average molecular weight is 302 g/mol. The Morgan fingerprint density at radius 2 is 1.59 bits per heavy atom. The molecule has 104 valence electrons. The van der Waals surface area contributed by atoms with Crippen LogP contribution in [-0.2, 0) is 10.1 Å². The molecule has 0 aliphatic carbocycles. The smallest absolute Gasteiger partial charge is 0.264 e. The van der Waals surface area contributed by atoms with Gasteiger partial charge < -0.3 is 11.5 Å². The van der Waals surface area contributed by atoms with Crippen molar-refractivity contribution >= 4 is 31.7 Å². The van der Waals surface area contributed by atoms with Crippen LogP contribution in [-0.4, -0.2) is 42.3 Å². The molecule has 0 saturated carbocycles. The molecule has 0 amide bonds. The fraction of sp³-hybridized carbons (Fsp3) is 1.00. The van der Waals surface area contributed by atoms with Gasteiger partial charge in [-0.1, -0.05) is 34.9 Å². The molecule has 0 aromatic carbocycles. The molecule has 0 radical (unpaired) electrons. The van der Waals surface area contributed by atoms with Gasteiger partial charge in [-0.2, -0.15) is 8.42 Å². The van der Waals surface area contributed by atoms with E-state index in [2.05, 4.69) is 6.92 Å². The highest BCUT2D eigenvalue weighted by Crippen LogP contribution is 2.23. The van der Waals surface area contributed by atoms with Gasteiger partial charge in [-0.3, -0.25) is 4.55 Å². The quantitative estimate of drug-likeness (QED) is 0.315. The normalized spacial score (nSPS) is 15.8. The molecule has 0 unspecified atom stereocenters. The van der Waals surface area contributed by atoms with Crippen molar-refractivity contribution in [3.63, 3.8) is 0 Å². The third-order valence-electron chi connectivity index (χ3n) is 2.05. The van der Waals surface area contributed by atoms with Crippen molar-refractivity contribution in [1.29, 1.82) is 0 Å². The van der Waals surface area contributed by atoms with Crippen LogP contribution in [0.3, 0.4) is 0 Å². The Balaban J connectivity index is 3.48. The highest BCUT2D eigenvalue weighted by Gasteiger charge is 2.10. The molecule has 0 bridgehead atoms. The van der Waals surface area contributed by atoms with Gasteiger partial charge in [0.15, 0.2) is 0 Å². The first-order valence-corrected chi connectivity index (χ1v) is 9.65. The van der Waals surface area contributed by atoms with Crippen LogP contribution in [0.2, 0.25) is 0 Å². The average Bonchev–Trinajstić information content (AvgIpc) is 2.21. The zero-order chi connectivity index (χ0) is 13.3. The summed E-state index contributed by atoms with van der Waals surface area (Å²) in [7, 11) is -0.623. The van der Waals surface area contributed by atoms with Crippen molar-refractivity contribution in [2.75, 3.05) is 17.3 Å². The van der Waals surface area contributed by atoms with Gasteiger partial charge in [0.25, 0.3) is 10.1 Å². The SMILES string of the molecule is CCC[C@H](N)CSSC[C@@H](N)CCS(=O)(=O)O. The first-order valence-electron chi connectivity index (χ1n) is 5.56. The van der Waals surface area contributed by atoms with Crippen LogP contribution in [0.1, 0.15) is 26.2 Å². The Bertz CT molecular complexity index is 285. The maximum Gasteiger partial charge on any atom is 0.264 e. The third kappa shape index (κ3) is 12.8. The third-order valence-corrected chi connectivity index (χ3v) is 5.42. The van der Waals surface area contributed by atoms with E-state index < -0.39 is 10.1 Å². The van der Waals surface area contributed by atoms with Crippen molar-refractivity contribution in [3.8, 4) is 0 Å². The van der Waals surface area contributed by atoms with Crippen molar-refractivity contribution in [3.05, 3.63) is 0 Å². The number of rotatable bonds is 10. The molecule has 5 N–H and O–H groups in total. The molecule has 0 aromatic rings. The van der Waals surface area contributed by atoms with E-state index in [4.69, 9.17) is 16.0 Å². The summed E-state index contributed by atoms with van der Waals surface area (Å²) < 4.78 is 29.6. The van der Waals surface area contributed by atoms with Gasteiger partial charge in [-0.05, 0) is 12.8 Å². The van der Waals surface area contributed by atoms with Crippen LogP contribution in [0.4, 0.5) is 0 Å². The summed E-state index contributed by atoms with van der Waals surface area (Å²) in [5.41, 5.74) is 11.6. The molecule has 0 heterocycles. The number of nitrogens with two attached hydrogens (primary N) is 2. The van der Waals surface area contributed by atoms with Crippen LogP contribution < -0.4 is 11.5 Å². The molecule has 5 nitrogen and oxygen atoms in total. The van der Waals surface area contributed by atoms with Gasteiger partial charge in [-0.15, -0.1) is 0 Å². The minimum Gasteiger partial charge on any atom is -0.327 e. The Morgan fingerprint density at radius 1 is 1.12 bits per heavy atom. The first kappa shape index (κ1) is 17.5. The summed E-state index contributed by atoms with van der Waals surface area (Å²) in [6.45, 7) is 2.10. The number of hydrogen-bond acceptors (Lipinski definition) is 6. The van der Waals surface area contributed by atoms with Gasteiger partial charge >= 0.3 is 0 Å². The lowest BCUT2D eigenvalue weighted by atomic mass is 10.2. The Labute approximate surface area is 112 Å². The van der Waals surface area contributed by atoms with Crippen LogP contribution in [0.15, 0.2) is 0 Å². The lowest BCUT2D eigenvalue weighted by Crippen LogP contribution is -2.26. The van der Waals surface area contributed by atoms with E-state index in [1.54, 1.807) is 21.6 Å². The van der Waals surface area contributed by atoms with Crippen molar-refractivity contribution in [2.24, 2.45) is 11.5 Å². The second-order valence-corrected chi connectivity index (χ2v) is 8.08. The molecule has 0 aliphatic heterocycles. The molecule has 0 fully saturated rings. The Hall–Kier alpha value is 0.530. The Kier molecular flexibility index (Phi) is 9.75. The molecule has 0 rings (SSSR count). The van der Waals surface area contributed by atoms with Crippen LogP contribution >= 0.6 is 21.6 Å². The van der Waals surface area contributed by atoms with Gasteiger partial charge in [0.05, 0.1) is 5.75 Å². The molecular weight excluding hydrogens is 280 g/mol. The molecule has 0 spiro atoms. The summed E-state index contributed by atoms with van der Waals surface area (Å²) in [6.07, 6.45) is 2.38. The van der Waals surface area contributed by atoms with E-state index in [0.29, 0.717) is 5.75 Å². The monoisotopic (exact) mass is 302 g/mol. The Morgan fingerprint density at radius 3 is 2.00 bits per heavy atom. The predicted octanol–water partition coefficient (Wildman–Crippen LogP) is 1.10. The zero-order valence-corrected chi connectivity index (χ0v) is 12.5. The lowest BCUT2D eigenvalue weighted by molar-refractivity contribution is 0.478. The maximum atomic E-state index is 10.5. The van der Waals surface area contributed by atoms with Crippen molar-refractivity contribution in [1.82, 2.24) is 0 Å². The lowest BCUT2D eigenvalue weighted by Gasteiger charge is -2.11. The van der Waals surface area contributed by atoms with Gasteiger partial charge in [-0.25, -0.2) is 0 Å². The second-order valence-electron chi connectivity index (χ2n) is 3.95. The molecule has 2 atom stereocenters. The van der Waals surface area contributed by atoms with Crippen LogP contribution in [0.25, 0.3) is 0 Å². The molecule has 0 aromatic heterocycles. The van der Waals surface area contributed by atoms with E-state index in [1.807, 2.05) is 0 Å². The standard InChI is InChI=1S/C9H22N2O3S3/c1-2-3-8(10)6-15-16-7-9(11)4-5-17(12,13)14/h8-9H,2-7,10-11H2,1H3,(H,12,13,14)/t8-,9-/m0/s1. The van der Waals surface area contributed by atoms with E-state index in [-0.39, 0.29) is 24.3 Å². The minimum absolute atomic E-state index is 0.211. The summed E-state index contributed by atoms with van der Waals surface area (Å²) >= 11 is 0. The zero-order valence-electron chi connectivity index (χ0n) is 10.0. The van der Waals surface area contributed by atoms with Crippen LogP contribution in [0.5, 0.6) is 0 Å². The fourth-order valence-corrected chi connectivity index (χ4v) is 4.21. The highest BCUT2D eigenvalue weighted by molar-refractivity contribution is 8.76. The summed E-state index contributed by atoms with van der Waals surface area (Å²) in [4.78, 5) is 0. The summed E-state index contributed by atoms with van der Waals surface area (Å²) in [5, 5.41) is 0. The van der Waals surface area contributed by atoms with E-state index in [1.165, 1.54) is 0 Å². The first-order chi connectivity index (χ1) is 7.85. The number of hydrogen-bond donors (Lipinski definition) is 3. The largest absolute Gasteiger partial charge is 0.327 e. The molecule has 0 saturated heterocycles. The fourth-order valence-electron chi connectivity index (χ4n) is 1.11. The maximum absolute atomic E-state index is 10.5. The van der Waals surface area contributed by atoms with Gasteiger partial charge in [0.1, 0.15) is 0 Å². The topological polar surface area (TPSA) is 106 Å². The molecular formula is C9H22N2O3S3. The van der Waals surface area contributed by atoms with Crippen molar-refractivity contribution < 1.29 is 13.0 Å². The molecule has 8 heteroatoms. The molecule has 0 aliphatic rings. The summed E-state index contributed by atoms with van der Waals surface area (Å²) in [6, 6.07) is 0.00312. The van der Waals surface area contributed by atoms with E-state index in [0.717, 1.165) is 18.6 Å². The van der Waals surface area contributed by atoms with Gasteiger partial charge in [0, 0.05) is 23.6 Å². The minimum atomic E-state index is -3.89. The van der Waals surface area contributed by atoms with Crippen LogP contribution in [0, 0.1) is 0 Å². The second kappa shape index (κ2) is 9.46. The summed E-state index contributed by atoms with van der Waals surface area (Å²) in [5.74, 6) is 1.28.